The van der Waals surface area contributed by atoms with E-state index in [-0.39, 0.29) is 17.4 Å². The van der Waals surface area contributed by atoms with Crippen molar-refractivity contribution in [3.63, 3.8) is 0 Å². The van der Waals surface area contributed by atoms with Gasteiger partial charge in [-0.25, -0.2) is 4.98 Å². The molecule has 2 amide bonds. The number of methoxy groups -OCH3 is 1. The molecular formula is C28H34N8O3. The Kier molecular flexibility index (Phi) is 7.45. The van der Waals surface area contributed by atoms with Gasteiger partial charge in [0.1, 0.15) is 5.65 Å². The molecule has 1 saturated heterocycles. The maximum absolute atomic E-state index is 13.1. The number of H-pyrrole nitrogens is 1. The summed E-state index contributed by atoms with van der Waals surface area (Å²) in [5, 5.41) is 11.0. The van der Waals surface area contributed by atoms with Crippen molar-refractivity contribution in [2.45, 2.75) is 45.7 Å². The Hall–Kier alpha value is -4.09. The summed E-state index contributed by atoms with van der Waals surface area (Å²) >= 11 is 0. The predicted octanol–water partition coefficient (Wildman–Crippen LogP) is 3.84. The molecule has 1 fully saturated rings. The molecule has 0 bridgehead atoms. The number of nitrogens with zero attached hydrogens (tertiary/aromatic N) is 5. The minimum atomic E-state index is -0.318. The lowest BCUT2D eigenvalue weighted by Gasteiger charge is -2.30. The van der Waals surface area contributed by atoms with Gasteiger partial charge in [-0.3, -0.25) is 24.2 Å². The van der Waals surface area contributed by atoms with E-state index in [2.05, 4.69) is 49.4 Å². The van der Waals surface area contributed by atoms with Gasteiger partial charge < -0.3 is 20.4 Å². The largest absolute Gasteiger partial charge is 0.383 e. The number of aromatic nitrogens is 5. The quantitative estimate of drug-likeness (QED) is 0.300. The highest BCUT2D eigenvalue weighted by molar-refractivity contribution is 6.06. The Morgan fingerprint density at radius 3 is 2.74 bits per heavy atom. The Morgan fingerprint density at radius 2 is 1.97 bits per heavy atom. The number of fused-ring (bicyclic) bond motifs is 1. The number of aromatic amines is 1. The second-order valence-corrected chi connectivity index (χ2v) is 10.5. The molecule has 0 radical (unpaired) electrons. The fraction of sp³-hybridized carbons (Fsp3) is 0.393. The Labute approximate surface area is 227 Å². The third kappa shape index (κ3) is 5.99. The van der Waals surface area contributed by atoms with Crippen molar-refractivity contribution in [1.82, 2.24) is 29.6 Å². The van der Waals surface area contributed by atoms with Crippen molar-refractivity contribution in [2.75, 3.05) is 37.4 Å². The third-order valence-electron chi connectivity index (χ3n) is 7.23. The van der Waals surface area contributed by atoms with Crippen molar-refractivity contribution in [3.8, 4) is 11.3 Å². The molecule has 39 heavy (non-hydrogen) atoms. The normalized spacial score (nSPS) is 15.1. The number of amides is 2. The number of rotatable bonds is 9. The van der Waals surface area contributed by atoms with E-state index in [1.165, 1.54) is 6.20 Å². The first-order chi connectivity index (χ1) is 18.7. The van der Waals surface area contributed by atoms with Crippen LogP contribution in [0.4, 0.5) is 11.4 Å². The molecule has 3 N–H and O–H groups in total. The Bertz CT molecular complexity index is 1510. The number of nitrogens with one attached hydrogen (secondary N) is 3. The van der Waals surface area contributed by atoms with E-state index in [1.807, 2.05) is 23.9 Å². The van der Waals surface area contributed by atoms with Crippen LogP contribution in [0.1, 0.15) is 42.7 Å². The van der Waals surface area contributed by atoms with Crippen LogP contribution in [0.5, 0.6) is 0 Å². The van der Waals surface area contributed by atoms with Gasteiger partial charge in [-0.2, -0.15) is 5.10 Å². The summed E-state index contributed by atoms with van der Waals surface area (Å²) in [4.78, 5) is 40.1. The summed E-state index contributed by atoms with van der Waals surface area (Å²) < 4.78 is 6.92. The Morgan fingerprint density at radius 1 is 1.13 bits per heavy atom. The van der Waals surface area contributed by atoms with Crippen molar-refractivity contribution < 1.29 is 14.3 Å². The monoisotopic (exact) mass is 530 g/mol. The van der Waals surface area contributed by atoms with E-state index in [4.69, 9.17) is 4.74 Å². The van der Waals surface area contributed by atoms with Gasteiger partial charge in [0, 0.05) is 36.0 Å². The molecule has 4 aromatic rings. The number of carbonyl (C=O) groups excluding carboxylic acids is 2. The maximum Gasteiger partial charge on any atom is 0.257 e. The topological polar surface area (TPSA) is 130 Å². The van der Waals surface area contributed by atoms with Crippen molar-refractivity contribution >= 4 is 34.2 Å². The van der Waals surface area contributed by atoms with E-state index in [1.54, 1.807) is 31.6 Å². The van der Waals surface area contributed by atoms with E-state index in [9.17, 15) is 9.59 Å². The second-order valence-electron chi connectivity index (χ2n) is 10.5. The smallest absolute Gasteiger partial charge is 0.257 e. The van der Waals surface area contributed by atoms with Gasteiger partial charge >= 0.3 is 0 Å². The molecule has 11 heteroatoms. The van der Waals surface area contributed by atoms with Crippen LogP contribution in [0, 0.1) is 6.92 Å². The van der Waals surface area contributed by atoms with Gasteiger partial charge in [-0.05, 0) is 58.4 Å². The first-order valence-electron chi connectivity index (χ1n) is 13.1. The van der Waals surface area contributed by atoms with Crippen LogP contribution < -0.4 is 10.6 Å². The van der Waals surface area contributed by atoms with Crippen LogP contribution in [0.3, 0.4) is 0 Å². The van der Waals surface area contributed by atoms with E-state index >= 15 is 0 Å². The van der Waals surface area contributed by atoms with Crippen LogP contribution in [0.15, 0.2) is 43.0 Å². The Balaban J connectivity index is 1.26. The average molecular weight is 531 g/mol. The number of carbonyl (C=O) groups is 2. The molecular weight excluding hydrogens is 496 g/mol. The fourth-order valence-corrected chi connectivity index (χ4v) is 4.86. The molecule has 4 aromatic heterocycles. The zero-order chi connectivity index (χ0) is 27.6. The zero-order valence-corrected chi connectivity index (χ0v) is 22.7. The molecule has 0 aromatic carbocycles. The average Bonchev–Trinajstić information content (AvgIpc) is 3.62. The fourth-order valence-electron chi connectivity index (χ4n) is 4.86. The van der Waals surface area contributed by atoms with Gasteiger partial charge in [-0.1, -0.05) is 0 Å². The molecule has 0 saturated carbocycles. The number of aryl methyl sites for hydroxylation is 1. The summed E-state index contributed by atoms with van der Waals surface area (Å²) in [5.41, 5.74) is 4.62. The van der Waals surface area contributed by atoms with Crippen molar-refractivity contribution in [3.05, 3.63) is 54.2 Å². The molecule has 0 atom stereocenters. The van der Waals surface area contributed by atoms with Crippen LogP contribution in [-0.2, 0) is 16.1 Å². The molecule has 11 nitrogen and oxygen atoms in total. The highest BCUT2D eigenvalue weighted by Crippen LogP contribution is 2.28. The van der Waals surface area contributed by atoms with Crippen LogP contribution in [0.25, 0.3) is 22.3 Å². The van der Waals surface area contributed by atoms with Crippen molar-refractivity contribution in [2.24, 2.45) is 0 Å². The highest BCUT2D eigenvalue weighted by Gasteiger charge is 2.33. The number of likely N-dealkylation sites (tertiary alicyclic amines) is 1. The number of hydrogen-bond acceptors (Lipinski definition) is 7. The minimum Gasteiger partial charge on any atom is -0.383 e. The predicted molar refractivity (Wildman–Crippen MR) is 150 cm³/mol. The molecule has 0 unspecified atom stereocenters. The third-order valence-corrected chi connectivity index (χ3v) is 7.23. The molecule has 1 aliphatic heterocycles. The first-order valence-corrected chi connectivity index (χ1v) is 13.1. The summed E-state index contributed by atoms with van der Waals surface area (Å²) in [5.74, 6) is -0.415. The summed E-state index contributed by atoms with van der Waals surface area (Å²) in [6.45, 7) is 8.62. The second kappa shape index (κ2) is 11.0. The minimum absolute atomic E-state index is 0.0157. The molecule has 0 aliphatic carbocycles. The molecule has 5 rings (SSSR count). The van der Waals surface area contributed by atoms with E-state index in [0.717, 1.165) is 36.0 Å². The maximum atomic E-state index is 13.1. The summed E-state index contributed by atoms with van der Waals surface area (Å²) in [7, 11) is 1.66. The SMILES string of the molecule is COCCn1cc(-c2cc3cc(C(=O)Nc4cnc(C)c(NC(=O)CN5CCCC5(C)C)c4)cnc3[nH]2)cn1. The van der Waals surface area contributed by atoms with Gasteiger partial charge in [0.15, 0.2) is 0 Å². The molecule has 1 aliphatic rings. The number of hydrogen-bond donors (Lipinski definition) is 3. The van der Waals surface area contributed by atoms with Gasteiger partial charge in [0.2, 0.25) is 5.91 Å². The zero-order valence-electron chi connectivity index (χ0n) is 22.7. The van der Waals surface area contributed by atoms with E-state index in [0.29, 0.717) is 48.0 Å². The first kappa shape index (κ1) is 26.5. The number of anilines is 2. The van der Waals surface area contributed by atoms with Crippen LogP contribution in [0.2, 0.25) is 0 Å². The lowest BCUT2D eigenvalue weighted by molar-refractivity contribution is -0.118. The number of pyridine rings is 2. The van der Waals surface area contributed by atoms with Crippen molar-refractivity contribution in [1.29, 1.82) is 0 Å². The van der Waals surface area contributed by atoms with Gasteiger partial charge in [-0.15, -0.1) is 0 Å². The van der Waals surface area contributed by atoms with E-state index < -0.39 is 0 Å². The van der Waals surface area contributed by atoms with Crippen LogP contribution in [-0.4, -0.2) is 73.8 Å². The lowest BCUT2D eigenvalue weighted by atomic mass is 10.0. The van der Waals surface area contributed by atoms with Gasteiger partial charge in [0.25, 0.3) is 5.91 Å². The lowest BCUT2D eigenvalue weighted by Crippen LogP contribution is -2.43. The molecule has 5 heterocycles. The summed E-state index contributed by atoms with van der Waals surface area (Å²) in [6, 6.07) is 5.46. The standard InChI is InChI=1S/C28H34N8O3/c1-18-23(33-25(37)17-35-7-5-6-28(35,2)3)12-22(15-29-18)32-27(38)20-10-19-11-24(34-26(19)30-13-20)21-14-31-36(16-21)8-9-39-4/h10-16H,5-9,17H2,1-4H3,(H,30,34)(H,32,38)(H,33,37). The van der Waals surface area contributed by atoms with Gasteiger partial charge in [0.05, 0.1) is 60.4 Å². The van der Waals surface area contributed by atoms with Crippen LogP contribution >= 0.6 is 0 Å². The molecule has 204 valence electrons. The highest BCUT2D eigenvalue weighted by atomic mass is 16.5. The summed E-state index contributed by atoms with van der Waals surface area (Å²) in [6.07, 6.45) is 8.99. The number of ether oxygens (including phenoxy) is 1. The molecule has 0 spiro atoms.